The predicted molar refractivity (Wildman–Crippen MR) is 63.6 cm³/mol. The second kappa shape index (κ2) is 6.45. The molecule has 5 heteroatoms. The number of Topliss-reactive ketones (excluding diaryl/α,β-unsaturated/α-hetero) is 1. The standard InChI is InChI=1S/C12H13N3O2/c1-9(8-16)11-4-2-10(3-5-11)6-12(17)7-14-15-13/h2-5,8-9H,6-7H2,1H3. The van der Waals surface area contributed by atoms with Crippen molar-refractivity contribution in [1.29, 1.82) is 0 Å². The van der Waals surface area contributed by atoms with Crippen molar-refractivity contribution >= 4 is 12.1 Å². The van der Waals surface area contributed by atoms with E-state index in [0.717, 1.165) is 17.4 Å². The molecular weight excluding hydrogens is 218 g/mol. The van der Waals surface area contributed by atoms with Gasteiger partial charge in [-0.3, -0.25) is 4.79 Å². The lowest BCUT2D eigenvalue weighted by Gasteiger charge is -2.05. The van der Waals surface area contributed by atoms with Crippen molar-refractivity contribution in [2.24, 2.45) is 5.11 Å². The number of azide groups is 1. The van der Waals surface area contributed by atoms with Crippen LogP contribution < -0.4 is 0 Å². The van der Waals surface area contributed by atoms with Gasteiger partial charge in [-0.2, -0.15) is 0 Å². The van der Waals surface area contributed by atoms with E-state index < -0.39 is 0 Å². The third-order valence-corrected chi connectivity index (χ3v) is 2.42. The average Bonchev–Trinajstić information content (AvgIpc) is 2.36. The second-order valence-electron chi connectivity index (χ2n) is 3.77. The number of carbonyl (C=O) groups excluding carboxylic acids is 2. The third-order valence-electron chi connectivity index (χ3n) is 2.42. The first-order chi connectivity index (χ1) is 8.17. The summed E-state index contributed by atoms with van der Waals surface area (Å²) in [4.78, 5) is 24.4. The van der Waals surface area contributed by atoms with Crippen LogP contribution >= 0.6 is 0 Å². The van der Waals surface area contributed by atoms with Gasteiger partial charge in [0.1, 0.15) is 12.1 Å². The van der Waals surface area contributed by atoms with Crippen LogP contribution in [-0.2, 0) is 16.0 Å². The average molecular weight is 231 g/mol. The molecule has 0 spiro atoms. The highest BCUT2D eigenvalue weighted by atomic mass is 16.1. The van der Waals surface area contributed by atoms with Gasteiger partial charge in [-0.1, -0.05) is 36.3 Å². The zero-order valence-electron chi connectivity index (χ0n) is 9.54. The zero-order chi connectivity index (χ0) is 12.7. The number of hydrogen-bond donors (Lipinski definition) is 0. The van der Waals surface area contributed by atoms with E-state index in [1.807, 2.05) is 31.2 Å². The Morgan fingerprint density at radius 2 is 2.12 bits per heavy atom. The summed E-state index contributed by atoms with van der Waals surface area (Å²) in [7, 11) is 0. The van der Waals surface area contributed by atoms with Gasteiger partial charge in [0.25, 0.3) is 0 Å². The molecular formula is C12H13N3O2. The van der Waals surface area contributed by atoms with Crippen LogP contribution in [0.1, 0.15) is 24.0 Å². The lowest BCUT2D eigenvalue weighted by molar-refractivity contribution is -0.117. The molecule has 0 N–H and O–H groups in total. The van der Waals surface area contributed by atoms with Crippen molar-refractivity contribution in [3.8, 4) is 0 Å². The summed E-state index contributed by atoms with van der Waals surface area (Å²) in [6.07, 6.45) is 1.12. The molecule has 1 unspecified atom stereocenters. The van der Waals surface area contributed by atoms with Gasteiger partial charge in [0.15, 0.2) is 0 Å². The molecule has 0 bridgehead atoms. The molecule has 17 heavy (non-hydrogen) atoms. The van der Waals surface area contributed by atoms with Crippen molar-refractivity contribution in [2.75, 3.05) is 6.54 Å². The normalized spacial score (nSPS) is 11.4. The minimum absolute atomic E-state index is 0.122. The highest BCUT2D eigenvalue weighted by Crippen LogP contribution is 2.14. The number of carbonyl (C=O) groups is 2. The molecule has 1 atom stereocenters. The van der Waals surface area contributed by atoms with Crippen LogP contribution in [0, 0.1) is 0 Å². The van der Waals surface area contributed by atoms with Gasteiger partial charge < -0.3 is 4.79 Å². The monoisotopic (exact) mass is 231 g/mol. The first-order valence-electron chi connectivity index (χ1n) is 5.24. The number of ketones is 1. The van der Waals surface area contributed by atoms with Gasteiger partial charge in [0.05, 0.1) is 6.54 Å². The van der Waals surface area contributed by atoms with Crippen LogP contribution in [0.15, 0.2) is 29.4 Å². The van der Waals surface area contributed by atoms with Crippen molar-refractivity contribution < 1.29 is 9.59 Å². The second-order valence-corrected chi connectivity index (χ2v) is 3.77. The largest absolute Gasteiger partial charge is 0.303 e. The molecule has 0 saturated heterocycles. The van der Waals surface area contributed by atoms with E-state index in [1.54, 1.807) is 0 Å². The van der Waals surface area contributed by atoms with Gasteiger partial charge in [-0.25, -0.2) is 0 Å². The Hall–Kier alpha value is -2.13. The van der Waals surface area contributed by atoms with Crippen LogP contribution in [-0.4, -0.2) is 18.6 Å². The maximum atomic E-state index is 11.3. The molecule has 0 fully saturated rings. The molecule has 88 valence electrons. The number of rotatable bonds is 6. The molecule has 0 saturated carbocycles. The Kier molecular flexibility index (Phi) is 4.91. The fraction of sp³-hybridized carbons (Fsp3) is 0.333. The van der Waals surface area contributed by atoms with Gasteiger partial charge in [-0.15, -0.1) is 0 Å². The Labute approximate surface area is 99.1 Å². The molecule has 0 heterocycles. The summed E-state index contributed by atoms with van der Waals surface area (Å²) in [6.45, 7) is 1.69. The van der Waals surface area contributed by atoms with Gasteiger partial charge in [0.2, 0.25) is 0 Å². The molecule has 0 amide bonds. The van der Waals surface area contributed by atoms with Crippen LogP contribution in [0.4, 0.5) is 0 Å². The van der Waals surface area contributed by atoms with E-state index in [9.17, 15) is 9.59 Å². The molecule has 1 rings (SSSR count). The van der Waals surface area contributed by atoms with Gasteiger partial charge >= 0.3 is 0 Å². The van der Waals surface area contributed by atoms with Crippen LogP contribution in [0.3, 0.4) is 0 Å². The smallest absolute Gasteiger partial charge is 0.143 e. The Balaban J connectivity index is 2.65. The summed E-state index contributed by atoms with van der Waals surface area (Å²) in [5.41, 5.74) is 9.85. The predicted octanol–water partition coefficient (Wildman–Crippen LogP) is 2.41. The van der Waals surface area contributed by atoms with E-state index in [-0.39, 0.29) is 24.7 Å². The molecule has 1 aromatic carbocycles. The molecule has 0 aliphatic carbocycles. The summed E-state index contributed by atoms with van der Waals surface area (Å²) in [5, 5.41) is 3.21. The minimum Gasteiger partial charge on any atom is -0.303 e. The summed E-state index contributed by atoms with van der Waals surface area (Å²) in [6, 6.07) is 7.27. The molecule has 0 aromatic heterocycles. The van der Waals surface area contributed by atoms with Crippen molar-refractivity contribution in [2.45, 2.75) is 19.3 Å². The van der Waals surface area contributed by atoms with E-state index in [1.165, 1.54) is 0 Å². The van der Waals surface area contributed by atoms with E-state index >= 15 is 0 Å². The molecule has 1 aromatic rings. The first-order valence-corrected chi connectivity index (χ1v) is 5.24. The SMILES string of the molecule is CC(C=O)c1ccc(CC(=O)CN=[N+]=[N-])cc1. The summed E-state index contributed by atoms with van der Waals surface area (Å²) < 4.78 is 0. The highest BCUT2D eigenvalue weighted by molar-refractivity contribution is 5.82. The van der Waals surface area contributed by atoms with Crippen LogP contribution in [0.25, 0.3) is 10.4 Å². The Bertz CT molecular complexity index is 447. The lowest BCUT2D eigenvalue weighted by atomic mass is 10.00. The summed E-state index contributed by atoms with van der Waals surface area (Å²) >= 11 is 0. The lowest BCUT2D eigenvalue weighted by Crippen LogP contribution is -2.06. The van der Waals surface area contributed by atoms with Gasteiger partial charge in [-0.05, 0) is 16.7 Å². The highest BCUT2D eigenvalue weighted by Gasteiger charge is 2.05. The number of aldehydes is 1. The van der Waals surface area contributed by atoms with E-state index in [2.05, 4.69) is 10.0 Å². The number of nitrogens with zero attached hydrogens (tertiary/aromatic N) is 3. The fourth-order valence-electron chi connectivity index (χ4n) is 1.41. The molecule has 0 aliphatic rings. The van der Waals surface area contributed by atoms with E-state index in [4.69, 9.17) is 5.53 Å². The minimum atomic E-state index is -0.136. The van der Waals surface area contributed by atoms with Gasteiger partial charge in [0, 0.05) is 17.3 Å². The fourth-order valence-corrected chi connectivity index (χ4v) is 1.41. The molecule has 0 aliphatic heterocycles. The first kappa shape index (κ1) is 12.9. The molecule has 5 nitrogen and oxygen atoms in total. The third kappa shape index (κ3) is 4.09. The maximum absolute atomic E-state index is 11.3. The van der Waals surface area contributed by atoms with E-state index in [0.29, 0.717) is 0 Å². The number of benzene rings is 1. The Morgan fingerprint density at radius 1 is 1.47 bits per heavy atom. The van der Waals surface area contributed by atoms with Crippen molar-refractivity contribution in [3.63, 3.8) is 0 Å². The molecule has 0 radical (unpaired) electrons. The quantitative estimate of drug-likeness (QED) is 0.326. The Morgan fingerprint density at radius 3 is 2.65 bits per heavy atom. The zero-order valence-corrected chi connectivity index (χ0v) is 9.54. The van der Waals surface area contributed by atoms with Crippen molar-refractivity contribution in [3.05, 3.63) is 45.8 Å². The van der Waals surface area contributed by atoms with Crippen molar-refractivity contribution in [1.82, 2.24) is 0 Å². The number of hydrogen-bond acceptors (Lipinski definition) is 3. The topological polar surface area (TPSA) is 82.9 Å². The van der Waals surface area contributed by atoms with Crippen LogP contribution in [0.2, 0.25) is 0 Å². The maximum Gasteiger partial charge on any atom is 0.143 e. The summed E-state index contributed by atoms with van der Waals surface area (Å²) in [5.74, 6) is -0.262. The van der Waals surface area contributed by atoms with Crippen LogP contribution in [0.5, 0.6) is 0 Å².